The third-order valence-electron chi connectivity index (χ3n) is 28.2. The Kier molecular flexibility index (Phi) is 29.5. The average molecular weight is 2070 g/mol. The molecule has 0 radical (unpaired) electrons. The normalized spacial score (nSPS) is 28.1. The van der Waals surface area contributed by atoms with Crippen LogP contribution < -0.4 is 34.4 Å². The molecule has 6 fully saturated rings. The lowest BCUT2D eigenvalue weighted by Gasteiger charge is -2.25. The quantitative estimate of drug-likeness (QED) is 0.0148. The van der Waals surface area contributed by atoms with Crippen LogP contribution in [0.2, 0.25) is 0 Å². The van der Waals surface area contributed by atoms with E-state index in [2.05, 4.69) is 130 Å². The van der Waals surface area contributed by atoms with E-state index in [1.807, 2.05) is 40.7 Å². The van der Waals surface area contributed by atoms with Gasteiger partial charge < -0.3 is 126 Å². The molecule has 62 heteroatoms. The van der Waals surface area contributed by atoms with E-state index in [4.69, 9.17) is 116 Å². The molecule has 21 N–H and O–H groups in total. The van der Waals surface area contributed by atoms with Crippen molar-refractivity contribution in [3.63, 3.8) is 0 Å². The molecule has 22 heterocycles. The van der Waals surface area contributed by atoms with Crippen LogP contribution in [-0.4, -0.2) is 253 Å². The summed E-state index contributed by atoms with van der Waals surface area (Å²) in [5.41, 5.74) is 73.9. The van der Waals surface area contributed by atoms with Crippen molar-refractivity contribution >= 4 is 79.4 Å². The molecule has 16 aromatic rings. The van der Waals surface area contributed by atoms with Gasteiger partial charge in [-0.1, -0.05) is 75.8 Å². The molecule has 22 rings (SSSR count). The highest BCUT2D eigenvalue weighted by molar-refractivity contribution is 5.89. The second kappa shape index (κ2) is 42.4. The minimum Gasteiger partial charge on any atom is -0.444 e. The topological polar surface area (TPSA) is 883 Å². The van der Waals surface area contributed by atoms with E-state index in [1.165, 1.54) is 112 Å². The van der Waals surface area contributed by atoms with E-state index in [1.54, 1.807) is 54.1 Å². The molecule has 6 aliphatic heterocycles. The van der Waals surface area contributed by atoms with E-state index >= 15 is 0 Å². The number of alkyl halides is 1. The maximum Gasteiger partial charge on any atom is 0.228 e. The molecule has 6 aliphatic rings. The summed E-state index contributed by atoms with van der Waals surface area (Å²) in [6.45, 7) is 26.5. The van der Waals surface area contributed by atoms with Gasteiger partial charge in [0.15, 0.2) is 46.2 Å². The van der Waals surface area contributed by atoms with Crippen molar-refractivity contribution in [2.75, 3.05) is 74.0 Å². The number of ether oxygens (including phenoxy) is 6. The molecule has 0 saturated carbocycles. The van der Waals surface area contributed by atoms with Crippen molar-refractivity contribution in [3.8, 4) is 45.8 Å². The molecular formula is C88H97FN42O19. The van der Waals surface area contributed by atoms with Gasteiger partial charge in [-0.2, -0.15) is 30.6 Å². The monoisotopic (exact) mass is 2060 g/mol. The zero-order chi connectivity index (χ0) is 107. The van der Waals surface area contributed by atoms with Crippen molar-refractivity contribution in [2.45, 2.75) is 152 Å². The number of aliphatic hydroxyl groups excluding tert-OH is 9. The second-order valence-electron chi connectivity index (χ2n) is 35.8. The Morgan fingerprint density at radius 2 is 0.593 bits per heavy atom. The maximum absolute atomic E-state index is 14.7. The predicted molar refractivity (Wildman–Crippen MR) is 516 cm³/mol. The SMILES string of the molecule is C[C@H]1[C@H](F)[C@H](c2cc(-c3ncco3)c3c(N)ncnn23)O[C@@H]1CO.C[C@H]1[C@H](O)[C@H](c2cc(-c3ncco3)c3c(N)ncnn23)O[C@@H]1CO.C[C@H]1[C@H](O)[C@H](c2cc(-c3ncco3)c3c(N)ncnn23)O[C@@]1(CO)N=[N+]=[N-].C[C@H]1[C@H](c2cc(-c3ncco3)c3c(N)ncnn23)O[C@@](CO)(N=[N+]=[N-])[C@H]1C.[C-]#[N+]c1cc([C@@H]2O[C@@](CO)(N=[N+]=[N-])[C@@H](C)[C@@H]2O)n2ncnc(N)c12.[C-]#[N+]c1cc([C@@H]2O[C@@](CO)(N=[N+]=[N-])[C@@H](C)[C@H]2C)n2ncnc(N)c12. The highest BCUT2D eigenvalue weighted by Gasteiger charge is 2.58. The first-order valence-corrected chi connectivity index (χ1v) is 45.9. The minimum atomic E-state index is -1.60. The lowest BCUT2D eigenvalue weighted by atomic mass is 9.86. The van der Waals surface area contributed by atoms with Gasteiger partial charge in [-0.25, -0.2) is 91.0 Å². The van der Waals surface area contributed by atoms with Gasteiger partial charge in [0.05, 0.1) is 165 Å². The van der Waals surface area contributed by atoms with Crippen LogP contribution in [0.1, 0.15) is 126 Å². The summed E-state index contributed by atoms with van der Waals surface area (Å²) in [4.78, 5) is 58.4. The summed E-state index contributed by atoms with van der Waals surface area (Å²) in [6, 6.07) is 10.1. The minimum absolute atomic E-state index is 0.0747. The van der Waals surface area contributed by atoms with Crippen LogP contribution in [0, 0.1) is 60.5 Å². The van der Waals surface area contributed by atoms with Crippen LogP contribution in [0.5, 0.6) is 0 Å². The molecule has 16 aromatic heterocycles. The van der Waals surface area contributed by atoms with Gasteiger partial charge in [0.25, 0.3) is 0 Å². The second-order valence-corrected chi connectivity index (χ2v) is 35.8. The summed E-state index contributed by atoms with van der Waals surface area (Å²) in [7, 11) is 0. The van der Waals surface area contributed by atoms with E-state index in [-0.39, 0.29) is 83.4 Å². The number of anilines is 6. The number of hydrogen-bond acceptors (Lipinski definition) is 45. The molecule has 150 heavy (non-hydrogen) atoms. The molecule has 0 bridgehead atoms. The number of nitrogen functional groups attached to an aromatic ring is 6. The Labute approximate surface area is 842 Å². The van der Waals surface area contributed by atoms with Crippen LogP contribution in [0.4, 0.5) is 50.7 Å². The van der Waals surface area contributed by atoms with Crippen molar-refractivity contribution in [3.05, 3.63) is 223 Å². The molecule has 0 unspecified atom stereocenters. The van der Waals surface area contributed by atoms with E-state index in [0.29, 0.717) is 119 Å². The number of oxazole rings is 4. The molecule has 24 atom stereocenters. The Hall–Kier alpha value is -17.1. The van der Waals surface area contributed by atoms with Gasteiger partial charge in [0.2, 0.25) is 34.9 Å². The smallest absolute Gasteiger partial charge is 0.228 e. The van der Waals surface area contributed by atoms with Crippen molar-refractivity contribution < 1.29 is 96.4 Å². The van der Waals surface area contributed by atoms with Crippen molar-refractivity contribution in [1.29, 1.82) is 0 Å². The Balaban J connectivity index is 0.000000123. The lowest BCUT2D eigenvalue weighted by Crippen LogP contribution is -2.37. The van der Waals surface area contributed by atoms with Crippen LogP contribution in [0.3, 0.4) is 0 Å². The Morgan fingerprint density at radius 3 is 0.867 bits per heavy atom. The van der Waals surface area contributed by atoms with Gasteiger partial charge in [-0.3, -0.25) is 0 Å². The number of aliphatic hydroxyl groups is 9. The van der Waals surface area contributed by atoms with Crippen LogP contribution in [-0.2, 0) is 28.4 Å². The highest BCUT2D eigenvalue weighted by Crippen LogP contribution is 2.55. The number of nitrogens with two attached hydrogens (primary N) is 6. The molecule has 0 amide bonds. The first-order valence-electron chi connectivity index (χ1n) is 45.9. The summed E-state index contributed by atoms with van der Waals surface area (Å²) < 4.78 is 80.4. The largest absolute Gasteiger partial charge is 0.444 e. The van der Waals surface area contributed by atoms with E-state index in [9.17, 15) is 50.3 Å². The number of azide groups is 4. The number of hydrogen-bond donors (Lipinski definition) is 15. The zero-order valence-electron chi connectivity index (χ0n) is 80.4. The van der Waals surface area contributed by atoms with Gasteiger partial charge in [0.1, 0.15) is 151 Å². The first kappa shape index (κ1) is 104. The fourth-order valence-corrected chi connectivity index (χ4v) is 19.4. The van der Waals surface area contributed by atoms with Gasteiger partial charge in [0, 0.05) is 43.3 Å². The molecule has 780 valence electrons. The molecule has 0 aromatic carbocycles. The van der Waals surface area contributed by atoms with Gasteiger partial charge in [-0.15, -0.1) is 0 Å². The molecule has 0 aliphatic carbocycles. The predicted octanol–water partition coefficient (Wildman–Crippen LogP) is 8.25. The molecule has 0 spiro atoms. The van der Waals surface area contributed by atoms with E-state index < -0.39 is 140 Å². The number of aromatic nitrogens is 22. The lowest BCUT2D eigenvalue weighted by molar-refractivity contribution is -0.0883. The maximum atomic E-state index is 14.7. The third-order valence-corrected chi connectivity index (χ3v) is 28.2. The molecule has 6 saturated heterocycles. The van der Waals surface area contributed by atoms with E-state index in [0.717, 1.165) is 0 Å². The van der Waals surface area contributed by atoms with Crippen LogP contribution in [0.25, 0.3) is 130 Å². The standard InChI is InChI=1S/C16H18N8O3.C15H16FN5O3.C15H16N8O4.C15H17N5O4.C14H16N8O2.C13H14N8O3/c1-8-9(2)16(6-25,22-23-18)27-13(8)11-5-10(15-19-3-4-26-15)12-14(17)20-7-21-24(11)12;1-7-10(5-22)24-13(11(7)16)9-4-8(15-18-2-3-23-15)12-14(17)19-6-20-21(9)12;1-7-11(25)12(27-15(7,5-24)21-22-17)9-4-8(14-18-2-3-26-14)10-13(16)19-6-20-23(9)10;1-7-10(5-21)24-13(12(7)22)9-4-8(15-17-2-3-23-15)11-14(16)18-6-19-20(9)11;1-7-8(2)14(5-23,20-21-16)24-12(7)10-4-9(17-3)11-13(15)18-6-19-22(10)11;1-6-10(23)11(24-13(6,4-22)19-20-15)8-3-7(16-2)9-12(14)17-5-18-21(8)9/h3-5,7-9,13,25H,6H2,1-2H3,(H2,17,20,21);2-4,6-7,10-11,13,22H,5H2,1H3,(H2,17,19,20);2-4,6-7,11-12,24-25H,5H2,1H3,(H2,16,19,20);2-4,6-7,10,12-13,21-22H,5H2,1H3,(H2,16,18,19);4,6-8,12,23H,5H2,1-2H3,(H2,15,18,19);3,5-6,10-11,22-23H,4H2,1H3,(H2,14,17,18)/t8-,9+,13-,16-;7-,10-,11+,13+;7-,11-,12-,15+;7-,10-,12+,13+;7-,8+,12-,14-;6-,10-,11-,13+/m110110/s1. The third kappa shape index (κ3) is 17.9. The number of halogens is 1. The van der Waals surface area contributed by atoms with Gasteiger partial charge >= 0.3 is 0 Å². The Bertz CT molecular complexity index is 7450. The summed E-state index contributed by atoms with van der Waals surface area (Å²) >= 11 is 0. The van der Waals surface area contributed by atoms with Gasteiger partial charge in [-0.05, 0) is 82.2 Å². The fourth-order valence-electron chi connectivity index (χ4n) is 19.4. The number of fused-ring (bicyclic) bond motifs is 6. The average Bonchev–Trinajstić information content (AvgIpc) is 1.58. The summed E-state index contributed by atoms with van der Waals surface area (Å²) in [6.07, 6.45) is 9.91. The Morgan fingerprint density at radius 1 is 0.340 bits per heavy atom. The van der Waals surface area contributed by atoms with Crippen LogP contribution >= 0.6 is 0 Å². The van der Waals surface area contributed by atoms with Crippen LogP contribution in [0.15, 0.2) is 162 Å². The highest BCUT2D eigenvalue weighted by atomic mass is 19.1. The van der Waals surface area contributed by atoms with Crippen molar-refractivity contribution in [2.24, 2.45) is 67.8 Å². The van der Waals surface area contributed by atoms with Crippen molar-refractivity contribution in [1.82, 2.24) is 108 Å². The summed E-state index contributed by atoms with van der Waals surface area (Å²) in [5.74, 6) is 0.0380. The molecule has 61 nitrogen and oxygen atoms in total. The fraction of sp³-hybridized carbons (Fsp3) is 0.432. The summed E-state index contributed by atoms with van der Waals surface area (Å²) in [5, 5.41) is 129. The number of nitrogens with zero attached hydrogens (tertiary/aromatic N) is 36. The number of rotatable bonds is 20. The zero-order valence-corrected chi connectivity index (χ0v) is 80.4. The molecular weight excluding hydrogens is 1970 g/mol. The first-order chi connectivity index (χ1) is 72.2.